The van der Waals surface area contributed by atoms with E-state index in [0.717, 1.165) is 83.5 Å². The molecule has 7 atom stereocenters. The van der Waals surface area contributed by atoms with Crippen LogP contribution in [-0.4, -0.2) is 87.5 Å². The minimum absolute atomic E-state index is 0.144. The summed E-state index contributed by atoms with van der Waals surface area (Å²) in [5.41, 5.74) is 0. The minimum atomic E-state index is -1.56. The summed E-state index contributed by atoms with van der Waals surface area (Å²) in [4.78, 5) is 13.1. The third-order valence-electron chi connectivity index (χ3n) is 12.9. The van der Waals surface area contributed by atoms with Crippen LogP contribution in [0, 0.1) is 0 Å². The highest BCUT2D eigenvalue weighted by molar-refractivity contribution is 5.76. The second-order valence-electron chi connectivity index (χ2n) is 19.0. The Morgan fingerprint density at radius 1 is 0.530 bits per heavy atom. The van der Waals surface area contributed by atoms with Crippen molar-refractivity contribution in [2.24, 2.45) is 0 Å². The van der Waals surface area contributed by atoms with Gasteiger partial charge < -0.3 is 40.3 Å². The standard InChI is InChI=1S/C57H103NO8/c1-3-5-7-9-11-13-15-17-19-21-23-25-26-27-29-31-33-35-37-39-41-43-45-47-53(61)58-50(49-65-57-56(64)55(63)54(62)52(48-59)66-57)51(60)46-44-42-40-38-36-34-32-30-28-24-22-20-18-16-14-12-10-8-6-4-2/h5,7,11,13,17,19,23,25,27,29,50-52,54-57,59-60,62-64H,3-4,6,8-10,12,14-16,18,20-22,24,26,28,30-49H2,1-2H3,(H,58,61)/b7-5-,13-11-,19-17-,25-23-,29-27-. The molecule has 1 aliphatic rings. The van der Waals surface area contributed by atoms with Gasteiger partial charge in [-0.3, -0.25) is 4.79 Å². The maximum absolute atomic E-state index is 13.1. The van der Waals surface area contributed by atoms with Crippen molar-refractivity contribution >= 4 is 5.91 Å². The van der Waals surface area contributed by atoms with E-state index < -0.39 is 49.5 Å². The first kappa shape index (κ1) is 61.9. The van der Waals surface area contributed by atoms with Crippen LogP contribution in [0.15, 0.2) is 60.8 Å². The fourth-order valence-electron chi connectivity index (χ4n) is 8.54. The predicted molar refractivity (Wildman–Crippen MR) is 276 cm³/mol. The van der Waals surface area contributed by atoms with Crippen LogP contribution < -0.4 is 5.32 Å². The van der Waals surface area contributed by atoms with Crippen molar-refractivity contribution in [2.75, 3.05) is 13.2 Å². The topological polar surface area (TPSA) is 149 Å². The molecular weight excluding hydrogens is 827 g/mol. The third-order valence-corrected chi connectivity index (χ3v) is 12.9. The predicted octanol–water partition coefficient (Wildman–Crippen LogP) is 13.1. The first-order chi connectivity index (χ1) is 32.3. The van der Waals surface area contributed by atoms with Crippen LogP contribution >= 0.6 is 0 Å². The van der Waals surface area contributed by atoms with E-state index in [9.17, 15) is 30.3 Å². The van der Waals surface area contributed by atoms with E-state index in [1.807, 2.05) is 0 Å². The number of allylic oxidation sites excluding steroid dienone is 10. The number of nitrogens with one attached hydrogen (secondary N) is 1. The van der Waals surface area contributed by atoms with Crippen LogP contribution in [0.25, 0.3) is 0 Å². The molecule has 1 rings (SSSR count). The van der Waals surface area contributed by atoms with Crippen molar-refractivity contribution < 1.29 is 39.8 Å². The second-order valence-corrected chi connectivity index (χ2v) is 19.0. The van der Waals surface area contributed by atoms with Crippen LogP contribution in [0.5, 0.6) is 0 Å². The Balaban J connectivity index is 2.25. The molecule has 66 heavy (non-hydrogen) atoms. The van der Waals surface area contributed by atoms with E-state index in [0.29, 0.717) is 12.8 Å². The van der Waals surface area contributed by atoms with Crippen molar-refractivity contribution in [2.45, 2.75) is 281 Å². The summed E-state index contributed by atoms with van der Waals surface area (Å²) in [6.07, 6.45) is 55.2. The summed E-state index contributed by atoms with van der Waals surface area (Å²) >= 11 is 0. The molecule has 384 valence electrons. The Labute approximate surface area is 405 Å². The molecule has 0 spiro atoms. The van der Waals surface area contributed by atoms with E-state index in [-0.39, 0.29) is 12.5 Å². The van der Waals surface area contributed by atoms with Gasteiger partial charge in [0.2, 0.25) is 5.91 Å². The Kier molecular flexibility index (Phi) is 43.7. The van der Waals surface area contributed by atoms with E-state index in [2.05, 4.69) is 79.9 Å². The average Bonchev–Trinajstić information content (AvgIpc) is 3.32. The molecule has 9 heteroatoms. The van der Waals surface area contributed by atoms with Gasteiger partial charge in [0.1, 0.15) is 24.4 Å². The molecule has 1 fully saturated rings. The zero-order valence-electron chi connectivity index (χ0n) is 42.4. The molecule has 9 nitrogen and oxygen atoms in total. The van der Waals surface area contributed by atoms with Gasteiger partial charge in [-0.05, 0) is 57.8 Å². The molecule has 0 aromatic heterocycles. The van der Waals surface area contributed by atoms with Crippen LogP contribution in [-0.2, 0) is 14.3 Å². The van der Waals surface area contributed by atoms with Crippen molar-refractivity contribution in [3.05, 3.63) is 60.8 Å². The first-order valence-electron chi connectivity index (χ1n) is 27.5. The number of rotatable bonds is 46. The van der Waals surface area contributed by atoms with Crippen LogP contribution in [0.4, 0.5) is 0 Å². The highest BCUT2D eigenvalue weighted by atomic mass is 16.7. The molecule has 0 aliphatic carbocycles. The van der Waals surface area contributed by atoms with Gasteiger partial charge in [-0.2, -0.15) is 0 Å². The van der Waals surface area contributed by atoms with E-state index in [1.54, 1.807) is 0 Å². The summed E-state index contributed by atoms with van der Waals surface area (Å²) < 4.78 is 11.3. The number of aliphatic hydroxyl groups excluding tert-OH is 5. The van der Waals surface area contributed by atoms with Gasteiger partial charge in [0.25, 0.3) is 0 Å². The van der Waals surface area contributed by atoms with Crippen molar-refractivity contribution in [3.63, 3.8) is 0 Å². The Hall–Kier alpha value is -2.11. The summed E-state index contributed by atoms with van der Waals surface area (Å²) in [6.45, 7) is 3.73. The average molecular weight is 930 g/mol. The van der Waals surface area contributed by atoms with Gasteiger partial charge in [-0.25, -0.2) is 0 Å². The lowest BCUT2D eigenvalue weighted by Gasteiger charge is -2.40. The highest BCUT2D eigenvalue weighted by Gasteiger charge is 2.44. The molecule has 6 N–H and O–H groups in total. The number of aliphatic hydroxyl groups is 5. The van der Waals surface area contributed by atoms with Gasteiger partial charge in [0, 0.05) is 6.42 Å². The number of hydrogen-bond donors (Lipinski definition) is 6. The quantitative estimate of drug-likeness (QED) is 0.0261. The normalized spacial score (nSPS) is 20.3. The SMILES string of the molecule is CC/C=C\C/C=C\C/C=C\C/C=C\C/C=C\CCCCCCCCCC(=O)NC(COC1OC(CO)C(O)C(O)C1O)C(O)CCCCCCCCCCCCCCCCCCCCCC. The van der Waals surface area contributed by atoms with Gasteiger partial charge in [0.05, 0.1) is 25.4 Å². The molecule has 1 aliphatic heterocycles. The monoisotopic (exact) mass is 930 g/mol. The number of unbranched alkanes of at least 4 members (excludes halogenated alkanes) is 26. The Morgan fingerprint density at radius 2 is 0.939 bits per heavy atom. The fraction of sp³-hybridized carbons (Fsp3) is 0.807. The largest absolute Gasteiger partial charge is 0.394 e. The Morgan fingerprint density at radius 3 is 1.39 bits per heavy atom. The number of hydrogen-bond acceptors (Lipinski definition) is 8. The lowest BCUT2D eigenvalue weighted by atomic mass is 9.99. The van der Waals surface area contributed by atoms with E-state index in [1.165, 1.54) is 128 Å². The van der Waals surface area contributed by atoms with Crippen LogP contribution in [0.3, 0.4) is 0 Å². The first-order valence-corrected chi connectivity index (χ1v) is 27.5. The maximum atomic E-state index is 13.1. The van der Waals surface area contributed by atoms with E-state index in [4.69, 9.17) is 9.47 Å². The summed E-state index contributed by atoms with van der Waals surface area (Å²) in [7, 11) is 0. The summed E-state index contributed by atoms with van der Waals surface area (Å²) in [6, 6.07) is -0.729. The van der Waals surface area contributed by atoms with Crippen LogP contribution in [0.1, 0.15) is 239 Å². The molecular formula is C57H103NO8. The highest BCUT2D eigenvalue weighted by Crippen LogP contribution is 2.23. The molecule has 0 aromatic carbocycles. The summed E-state index contributed by atoms with van der Waals surface area (Å²) in [5, 5.41) is 54.6. The van der Waals surface area contributed by atoms with Gasteiger partial charge >= 0.3 is 0 Å². The van der Waals surface area contributed by atoms with Gasteiger partial charge in [0.15, 0.2) is 6.29 Å². The number of ether oxygens (including phenoxy) is 2. The number of carbonyl (C=O) groups is 1. The molecule has 1 heterocycles. The third kappa shape index (κ3) is 36.0. The zero-order valence-corrected chi connectivity index (χ0v) is 42.4. The van der Waals surface area contributed by atoms with Gasteiger partial charge in [-0.1, -0.05) is 235 Å². The molecule has 1 amide bonds. The molecule has 0 aromatic rings. The van der Waals surface area contributed by atoms with Gasteiger partial charge in [-0.15, -0.1) is 0 Å². The molecule has 0 saturated carbocycles. The number of carbonyl (C=O) groups excluding carboxylic acids is 1. The summed E-state index contributed by atoms with van der Waals surface area (Å²) in [5.74, 6) is -0.156. The maximum Gasteiger partial charge on any atom is 0.220 e. The minimum Gasteiger partial charge on any atom is -0.394 e. The second kappa shape index (κ2) is 46.6. The molecule has 0 bridgehead atoms. The molecule has 7 unspecified atom stereocenters. The van der Waals surface area contributed by atoms with E-state index >= 15 is 0 Å². The number of amides is 1. The van der Waals surface area contributed by atoms with Crippen molar-refractivity contribution in [1.82, 2.24) is 5.32 Å². The Bertz CT molecular complexity index is 1220. The lowest BCUT2D eigenvalue weighted by Crippen LogP contribution is -2.60. The fourth-order valence-corrected chi connectivity index (χ4v) is 8.54. The molecule has 0 radical (unpaired) electrons. The zero-order chi connectivity index (χ0) is 48.0. The lowest BCUT2D eigenvalue weighted by molar-refractivity contribution is -0.302. The van der Waals surface area contributed by atoms with Crippen molar-refractivity contribution in [3.8, 4) is 0 Å². The van der Waals surface area contributed by atoms with Crippen molar-refractivity contribution in [1.29, 1.82) is 0 Å². The molecule has 1 saturated heterocycles. The van der Waals surface area contributed by atoms with Crippen LogP contribution in [0.2, 0.25) is 0 Å². The smallest absolute Gasteiger partial charge is 0.220 e.